The molecule has 0 amide bonds. The molecule has 0 bridgehead atoms. The van der Waals surface area contributed by atoms with Gasteiger partial charge in [0.15, 0.2) is 0 Å². The number of rotatable bonds is 0. The summed E-state index contributed by atoms with van der Waals surface area (Å²) in [5, 5.41) is 0. The first kappa shape index (κ1) is 102. The van der Waals surface area contributed by atoms with Crippen LogP contribution in [-0.4, -0.2) is 17.4 Å². The largest absolute Gasteiger partial charge is 3.00 e. The van der Waals surface area contributed by atoms with Crippen molar-refractivity contribution < 1.29 is 43.7 Å². The smallest absolute Gasteiger partial charge is 1.00 e. The van der Waals surface area contributed by atoms with Crippen LogP contribution >= 0.6 is 0 Å². The van der Waals surface area contributed by atoms with Gasteiger partial charge in [-0.3, -0.25) is 4.70 Å². The molecule has 0 rings (SSSR count). The molecule has 0 aromatic heterocycles. The van der Waals surface area contributed by atoms with Crippen molar-refractivity contribution in [3.8, 4) is 0 Å². The van der Waals surface area contributed by atoms with Crippen LogP contribution in [0.15, 0.2) is 0 Å². The summed E-state index contributed by atoms with van der Waals surface area (Å²) in [5.74, 6) is 0. The zero-order chi connectivity index (χ0) is 0. The van der Waals surface area contributed by atoms with E-state index >= 15 is 0 Å². The number of halogens is 3. The van der Waals surface area contributed by atoms with Crippen LogP contribution in [0.2, 0.25) is 0 Å². The summed E-state index contributed by atoms with van der Waals surface area (Å²) in [6.07, 6.45) is 0. The fourth-order valence-electron chi connectivity index (χ4n) is 0. The van der Waals surface area contributed by atoms with Gasteiger partial charge in [-0.15, -0.1) is 0 Å². The third kappa shape index (κ3) is 33.6. The predicted molar refractivity (Wildman–Crippen MR) is 8.26 cm³/mol. The first-order valence-electron chi connectivity index (χ1n) is 0. The van der Waals surface area contributed by atoms with E-state index in [0.29, 0.717) is 0 Å². The monoisotopic (exact) mass is 108 g/mol. The van der Waals surface area contributed by atoms with Gasteiger partial charge >= 0.3 is 46.9 Å². The molecule has 0 saturated carbocycles. The Kier molecular flexibility index (Phi) is 1160. The fraction of sp³-hybridized carbons (Fsp3) is 0. The minimum Gasteiger partial charge on any atom is -1.00 e. The van der Waals surface area contributed by atoms with Crippen molar-refractivity contribution >= 4 is 17.4 Å². The molecule has 0 atom stereocenters. The van der Waals surface area contributed by atoms with Crippen LogP contribution in [0, 0.1) is 0 Å². The molecule has 0 aromatic rings. The van der Waals surface area contributed by atoms with Crippen molar-refractivity contribution in [3.05, 3.63) is 0 Å². The van der Waals surface area contributed by atoms with E-state index < -0.39 is 0 Å². The van der Waals surface area contributed by atoms with E-state index in [9.17, 15) is 0 Å². The van der Waals surface area contributed by atoms with Gasteiger partial charge in [0.05, 0.1) is 0 Å². The maximum Gasteiger partial charge on any atom is 3.00 e. The molecule has 0 heterocycles. The van der Waals surface area contributed by atoms with Crippen LogP contribution in [0.5, 0.6) is 0 Å². The minimum atomic E-state index is 0. The molecule has 0 aromatic carbocycles. The first-order chi connectivity index (χ1) is 0. The van der Waals surface area contributed by atoms with E-state index in [0.717, 1.165) is 0 Å². The van der Waals surface area contributed by atoms with Crippen molar-refractivity contribution in [3.63, 3.8) is 0 Å². The Morgan fingerprint density at radius 3 is 0.800 bits per heavy atom. The molecule has 0 saturated heterocycles. The van der Waals surface area contributed by atoms with Gasteiger partial charge in [-0.2, -0.15) is 0 Å². The molecule has 24 valence electrons. The Morgan fingerprint density at radius 2 is 0.800 bits per heavy atom. The zero-order valence-corrected chi connectivity index (χ0v) is 5.90. The summed E-state index contributed by atoms with van der Waals surface area (Å²) < 4.78 is 0. The Balaban J connectivity index is 0. The molecule has 0 aliphatic rings. The van der Waals surface area contributed by atoms with Crippen LogP contribution < -0.4 is 39.0 Å². The molecule has 0 aliphatic heterocycles. The van der Waals surface area contributed by atoms with Crippen LogP contribution in [-0.2, 0) is 0 Å². The minimum absolute atomic E-state index is 0. The van der Waals surface area contributed by atoms with Gasteiger partial charge in [0.2, 0.25) is 0 Å². The second-order valence-electron chi connectivity index (χ2n) is 0. The van der Waals surface area contributed by atoms with Gasteiger partial charge in [-0.25, -0.2) is 0 Å². The van der Waals surface area contributed by atoms with Crippen LogP contribution in [0.4, 0.5) is 4.70 Å². The Morgan fingerprint density at radius 1 is 0.800 bits per heavy atom. The van der Waals surface area contributed by atoms with Crippen molar-refractivity contribution in [1.29, 1.82) is 0 Å². The molecule has 5 heteroatoms. The molecular weight excluding hydrogens is 107 g/mol. The molecule has 0 spiro atoms. The second-order valence-corrected chi connectivity index (χ2v) is 0. The molecule has 0 nitrogen and oxygen atoms in total. The van der Waals surface area contributed by atoms with E-state index in [4.69, 9.17) is 0 Å². The van der Waals surface area contributed by atoms with Crippen molar-refractivity contribution in [1.82, 2.24) is 0 Å². The van der Waals surface area contributed by atoms with Gasteiger partial charge in [-0.1, -0.05) is 0 Å². The van der Waals surface area contributed by atoms with Crippen molar-refractivity contribution in [2.45, 2.75) is 0 Å². The maximum atomic E-state index is 0. The van der Waals surface area contributed by atoms with Crippen LogP contribution in [0.1, 0.15) is 0 Å². The second kappa shape index (κ2) is 56.9. The molecular formula is HAlF3Na+2. The third-order valence-corrected chi connectivity index (χ3v) is 0. The zero-order valence-electron chi connectivity index (χ0n) is 2.74. The SMILES string of the molecule is F.[Al+3].[F-].[F-].[Na+]. The molecule has 0 fully saturated rings. The van der Waals surface area contributed by atoms with E-state index in [1.54, 1.807) is 0 Å². The number of hydrogen-bond donors (Lipinski definition) is 0. The number of hydrogen-bond acceptors (Lipinski definition) is 0. The summed E-state index contributed by atoms with van der Waals surface area (Å²) in [7, 11) is 0. The summed E-state index contributed by atoms with van der Waals surface area (Å²) in [4.78, 5) is 0. The summed E-state index contributed by atoms with van der Waals surface area (Å²) in [6, 6.07) is 0. The Labute approximate surface area is 60.8 Å². The predicted octanol–water partition coefficient (Wildman–Crippen LogP) is -9.22. The van der Waals surface area contributed by atoms with Gasteiger partial charge in [-0.05, 0) is 0 Å². The Bertz CT molecular complexity index is 6.85. The van der Waals surface area contributed by atoms with E-state index in [-0.39, 0.29) is 61.0 Å². The molecule has 0 unspecified atom stereocenters. The standard InChI is InChI=1S/Al.3FH.Na/h;3*1H;/q+3;;;;+1/p-2. The van der Waals surface area contributed by atoms with Gasteiger partial charge in [0.1, 0.15) is 0 Å². The summed E-state index contributed by atoms with van der Waals surface area (Å²) >= 11 is 0. The van der Waals surface area contributed by atoms with Crippen molar-refractivity contribution in [2.75, 3.05) is 0 Å². The first-order valence-corrected chi connectivity index (χ1v) is 0. The van der Waals surface area contributed by atoms with Gasteiger partial charge < -0.3 is 9.41 Å². The quantitative estimate of drug-likeness (QED) is 0.270. The average molecular weight is 108 g/mol. The van der Waals surface area contributed by atoms with E-state index in [1.165, 1.54) is 0 Å². The topological polar surface area (TPSA) is 0 Å². The molecule has 5 heavy (non-hydrogen) atoms. The fourth-order valence-corrected chi connectivity index (χ4v) is 0. The van der Waals surface area contributed by atoms with Crippen LogP contribution in [0.25, 0.3) is 0 Å². The van der Waals surface area contributed by atoms with Crippen LogP contribution in [0.3, 0.4) is 0 Å². The van der Waals surface area contributed by atoms with Gasteiger partial charge in [0.25, 0.3) is 0 Å². The summed E-state index contributed by atoms with van der Waals surface area (Å²) in [5.41, 5.74) is 0. The normalized spacial score (nSPS) is 0. The molecule has 0 aliphatic carbocycles. The van der Waals surface area contributed by atoms with Crippen molar-refractivity contribution in [2.24, 2.45) is 0 Å². The third-order valence-electron chi connectivity index (χ3n) is 0. The Hall–Kier alpha value is 1.32. The average Bonchev–Trinajstić information content (AvgIpc) is 0. The van der Waals surface area contributed by atoms with E-state index in [1.807, 2.05) is 0 Å². The van der Waals surface area contributed by atoms with Gasteiger partial charge in [0, 0.05) is 0 Å². The molecule has 0 N–H and O–H groups in total. The van der Waals surface area contributed by atoms with E-state index in [2.05, 4.69) is 0 Å². The maximum absolute atomic E-state index is 0. The summed E-state index contributed by atoms with van der Waals surface area (Å²) in [6.45, 7) is 0. The molecule has 0 radical (unpaired) electrons.